The van der Waals surface area contributed by atoms with Crippen molar-refractivity contribution in [2.75, 3.05) is 11.1 Å². The zero-order valence-corrected chi connectivity index (χ0v) is 13.2. The Morgan fingerprint density at radius 1 is 1.47 bits per heavy atom. The molecule has 0 fully saturated rings. The monoisotopic (exact) mass is 345 g/mol. The number of hydrogen-bond acceptors (Lipinski definition) is 3. The van der Waals surface area contributed by atoms with Crippen LogP contribution in [0.3, 0.4) is 0 Å². The second kappa shape index (κ2) is 7.55. The molecule has 0 aromatic heterocycles. The molecule has 0 radical (unpaired) electrons. The van der Waals surface area contributed by atoms with E-state index in [-0.39, 0.29) is 11.7 Å². The van der Waals surface area contributed by atoms with Crippen molar-refractivity contribution in [1.82, 2.24) is 0 Å². The Morgan fingerprint density at radius 3 is 2.68 bits per heavy atom. The van der Waals surface area contributed by atoms with Crippen molar-refractivity contribution in [3.8, 4) is 0 Å². The van der Waals surface area contributed by atoms with E-state index in [0.29, 0.717) is 6.42 Å². The van der Waals surface area contributed by atoms with Gasteiger partial charge < -0.3 is 10.4 Å². The molecule has 1 rings (SSSR count). The maximum absolute atomic E-state index is 11.7. The first-order valence-corrected chi connectivity index (χ1v) is 7.68. The zero-order valence-electron chi connectivity index (χ0n) is 10.8. The van der Waals surface area contributed by atoms with Gasteiger partial charge in [-0.2, -0.15) is 0 Å². The lowest BCUT2D eigenvalue weighted by atomic mass is 10.2. The molecule has 0 bridgehead atoms. The van der Waals surface area contributed by atoms with Crippen LogP contribution < -0.4 is 5.32 Å². The van der Waals surface area contributed by atoms with Gasteiger partial charge in [0.1, 0.15) is 5.25 Å². The van der Waals surface area contributed by atoms with Crippen molar-refractivity contribution in [3.63, 3.8) is 0 Å². The highest BCUT2D eigenvalue weighted by Gasteiger charge is 2.17. The van der Waals surface area contributed by atoms with Crippen molar-refractivity contribution >= 4 is 45.3 Å². The van der Waals surface area contributed by atoms with Crippen LogP contribution in [0.2, 0.25) is 0 Å². The Kier molecular flexibility index (Phi) is 6.37. The third-order valence-corrected chi connectivity index (χ3v) is 4.76. The van der Waals surface area contributed by atoms with Gasteiger partial charge in [0.05, 0.1) is 5.75 Å². The molecule has 19 heavy (non-hydrogen) atoms. The number of hydrogen-bond donors (Lipinski definition) is 2. The van der Waals surface area contributed by atoms with E-state index in [1.807, 2.05) is 19.1 Å². The highest BCUT2D eigenvalue weighted by molar-refractivity contribution is 9.10. The number of anilines is 1. The maximum Gasteiger partial charge on any atom is 0.316 e. The molecule has 1 aromatic carbocycles. The fourth-order valence-electron chi connectivity index (χ4n) is 1.46. The largest absolute Gasteiger partial charge is 0.480 e. The van der Waals surface area contributed by atoms with Gasteiger partial charge in [-0.3, -0.25) is 9.59 Å². The minimum atomic E-state index is -0.875. The minimum Gasteiger partial charge on any atom is -0.480 e. The summed E-state index contributed by atoms with van der Waals surface area (Å²) in [6.07, 6.45) is 0.505. The Hall–Kier alpha value is -1.01. The molecule has 104 valence electrons. The van der Waals surface area contributed by atoms with Crippen LogP contribution in [0, 0.1) is 6.92 Å². The van der Waals surface area contributed by atoms with Crippen LogP contribution in [0.25, 0.3) is 0 Å². The molecule has 4 nitrogen and oxygen atoms in total. The lowest BCUT2D eigenvalue weighted by Gasteiger charge is -2.10. The molecule has 0 heterocycles. The lowest BCUT2D eigenvalue weighted by molar-refractivity contribution is -0.136. The number of nitrogens with one attached hydrogen (secondary N) is 1. The van der Waals surface area contributed by atoms with Crippen molar-refractivity contribution in [1.29, 1.82) is 0 Å². The highest BCUT2D eigenvalue weighted by Crippen LogP contribution is 2.20. The Labute approximate surface area is 125 Å². The predicted octanol–water partition coefficient (Wildman–Crippen LogP) is 3.29. The van der Waals surface area contributed by atoms with Crippen molar-refractivity contribution in [3.05, 3.63) is 28.2 Å². The van der Waals surface area contributed by atoms with Crippen LogP contribution in [0.1, 0.15) is 18.9 Å². The van der Waals surface area contributed by atoms with Gasteiger partial charge in [-0.05, 0) is 37.1 Å². The second-order valence-corrected chi connectivity index (χ2v) is 6.10. The number of benzene rings is 1. The molecule has 2 N–H and O–H groups in total. The highest BCUT2D eigenvalue weighted by atomic mass is 79.9. The third kappa shape index (κ3) is 5.24. The molecule has 1 amide bonds. The number of carboxylic acids is 1. The average molecular weight is 346 g/mol. The molecule has 6 heteroatoms. The first-order valence-electron chi connectivity index (χ1n) is 5.84. The molecule has 0 spiro atoms. The normalized spacial score (nSPS) is 11.9. The van der Waals surface area contributed by atoms with Crippen molar-refractivity contribution in [2.45, 2.75) is 25.5 Å². The number of carbonyl (C=O) groups excluding carboxylic acids is 1. The standard InChI is InChI=1S/C13H16BrNO3S/c1-3-11(13(17)18)19-7-12(16)15-9-4-5-10(14)8(2)6-9/h4-6,11H,3,7H2,1-2H3,(H,15,16)(H,17,18). The molecule has 0 saturated carbocycles. The fraction of sp³-hybridized carbons (Fsp3) is 0.385. The van der Waals surface area contributed by atoms with Gasteiger partial charge in [-0.1, -0.05) is 22.9 Å². The fourth-order valence-corrected chi connectivity index (χ4v) is 2.51. The molecule has 1 atom stereocenters. The molecule has 0 aliphatic carbocycles. The molecular weight excluding hydrogens is 330 g/mol. The topological polar surface area (TPSA) is 66.4 Å². The molecule has 1 unspecified atom stereocenters. The predicted molar refractivity (Wildman–Crippen MR) is 81.7 cm³/mol. The smallest absolute Gasteiger partial charge is 0.316 e. The van der Waals surface area contributed by atoms with E-state index < -0.39 is 11.2 Å². The van der Waals surface area contributed by atoms with E-state index in [0.717, 1.165) is 27.5 Å². The van der Waals surface area contributed by atoms with E-state index in [2.05, 4.69) is 21.2 Å². The summed E-state index contributed by atoms with van der Waals surface area (Å²) in [5.41, 5.74) is 1.75. The van der Waals surface area contributed by atoms with E-state index >= 15 is 0 Å². The van der Waals surface area contributed by atoms with Crippen molar-refractivity contribution < 1.29 is 14.7 Å². The molecular formula is C13H16BrNO3S. The molecule has 0 aliphatic rings. The lowest BCUT2D eigenvalue weighted by Crippen LogP contribution is -2.20. The van der Waals surface area contributed by atoms with Gasteiger partial charge in [-0.15, -0.1) is 11.8 Å². The van der Waals surface area contributed by atoms with E-state index in [4.69, 9.17) is 5.11 Å². The SMILES string of the molecule is CCC(SCC(=O)Nc1ccc(Br)c(C)c1)C(=O)O. The van der Waals surface area contributed by atoms with Gasteiger partial charge >= 0.3 is 5.97 Å². The number of thioether (sulfide) groups is 1. The van der Waals surface area contributed by atoms with E-state index in [9.17, 15) is 9.59 Å². The van der Waals surface area contributed by atoms with Crippen LogP contribution >= 0.6 is 27.7 Å². The number of halogens is 1. The van der Waals surface area contributed by atoms with E-state index in [1.165, 1.54) is 0 Å². The third-order valence-electron chi connectivity index (χ3n) is 2.50. The number of amides is 1. The van der Waals surface area contributed by atoms with Crippen LogP contribution in [0.4, 0.5) is 5.69 Å². The summed E-state index contributed by atoms with van der Waals surface area (Å²) in [5.74, 6) is -0.925. The summed E-state index contributed by atoms with van der Waals surface area (Å²) >= 11 is 4.53. The number of aliphatic carboxylic acids is 1. The van der Waals surface area contributed by atoms with Crippen LogP contribution in [0.5, 0.6) is 0 Å². The van der Waals surface area contributed by atoms with Gasteiger partial charge in [0.25, 0.3) is 0 Å². The Morgan fingerprint density at radius 2 is 2.16 bits per heavy atom. The number of carbonyl (C=O) groups is 2. The molecule has 0 saturated heterocycles. The summed E-state index contributed by atoms with van der Waals surface area (Å²) in [6, 6.07) is 5.53. The summed E-state index contributed by atoms with van der Waals surface area (Å²) in [5, 5.41) is 11.1. The average Bonchev–Trinajstić information content (AvgIpc) is 2.34. The zero-order chi connectivity index (χ0) is 14.4. The van der Waals surface area contributed by atoms with Crippen LogP contribution in [0.15, 0.2) is 22.7 Å². The molecule has 1 aromatic rings. The quantitative estimate of drug-likeness (QED) is 0.830. The number of rotatable bonds is 6. The number of carboxylic acid groups (broad SMARTS) is 1. The van der Waals surface area contributed by atoms with Gasteiger partial charge in [0.2, 0.25) is 5.91 Å². The second-order valence-electron chi connectivity index (χ2n) is 4.06. The minimum absolute atomic E-state index is 0.139. The van der Waals surface area contributed by atoms with Gasteiger partial charge in [-0.25, -0.2) is 0 Å². The summed E-state index contributed by atoms with van der Waals surface area (Å²) < 4.78 is 0.983. The summed E-state index contributed by atoms with van der Waals surface area (Å²) in [4.78, 5) is 22.5. The van der Waals surface area contributed by atoms with Gasteiger partial charge in [0, 0.05) is 10.2 Å². The Bertz CT molecular complexity index is 479. The first kappa shape index (κ1) is 16.0. The van der Waals surface area contributed by atoms with Crippen molar-refractivity contribution in [2.24, 2.45) is 0 Å². The Balaban J connectivity index is 2.51. The number of aryl methyl sites for hydroxylation is 1. The summed E-state index contributed by atoms with van der Waals surface area (Å²) in [7, 11) is 0. The van der Waals surface area contributed by atoms with Crippen LogP contribution in [-0.4, -0.2) is 28.0 Å². The summed E-state index contributed by atoms with van der Waals surface area (Å²) in [6.45, 7) is 3.73. The maximum atomic E-state index is 11.7. The molecule has 0 aliphatic heterocycles. The van der Waals surface area contributed by atoms with E-state index in [1.54, 1.807) is 13.0 Å². The first-order chi connectivity index (χ1) is 8.93. The van der Waals surface area contributed by atoms with Gasteiger partial charge in [0.15, 0.2) is 0 Å². The van der Waals surface area contributed by atoms with Crippen LogP contribution in [-0.2, 0) is 9.59 Å².